The first-order valence-electron chi connectivity index (χ1n) is 8.56. The van der Waals surface area contributed by atoms with Crippen molar-refractivity contribution >= 4 is 16.1 Å². The van der Waals surface area contributed by atoms with Gasteiger partial charge < -0.3 is 5.11 Å². The van der Waals surface area contributed by atoms with Gasteiger partial charge in [0.2, 0.25) is 0 Å². The van der Waals surface area contributed by atoms with E-state index in [4.69, 9.17) is 0 Å². The molecule has 1 aliphatic carbocycles. The molecule has 3 rings (SSSR count). The normalized spacial score (nSPS) is 17.2. The molecular formula is C20H22BrN3O. The molecule has 5 heteroatoms. The van der Waals surface area contributed by atoms with Crippen molar-refractivity contribution < 1.29 is 5.11 Å². The van der Waals surface area contributed by atoms with E-state index in [0.29, 0.717) is 12.1 Å². The van der Waals surface area contributed by atoms with Crippen LogP contribution in [0.5, 0.6) is 0 Å². The summed E-state index contributed by atoms with van der Waals surface area (Å²) in [5, 5.41) is 23.0. The second-order valence-electron chi connectivity index (χ2n) is 6.60. The van der Waals surface area contributed by atoms with Crippen LogP contribution in [0.2, 0.25) is 0 Å². The number of hydrogen-bond donors (Lipinski definition) is 3. The summed E-state index contributed by atoms with van der Waals surface area (Å²) in [5.41, 5.74) is 3.45. The summed E-state index contributed by atoms with van der Waals surface area (Å²) >= 11 is 3.33. The van der Waals surface area contributed by atoms with Crippen LogP contribution in [0.3, 0.4) is 0 Å². The SMILES string of the molecule is N#Cc1ccccc1-c1ccc(CNC(O)C2(NBr)CCCC2)cc1. The van der Waals surface area contributed by atoms with E-state index in [9.17, 15) is 10.4 Å². The van der Waals surface area contributed by atoms with E-state index in [-0.39, 0.29) is 5.54 Å². The molecule has 130 valence electrons. The van der Waals surface area contributed by atoms with Crippen LogP contribution < -0.4 is 9.66 Å². The number of aliphatic hydroxyl groups excluding tert-OH is 1. The third kappa shape index (κ3) is 3.94. The minimum absolute atomic E-state index is 0.286. The van der Waals surface area contributed by atoms with E-state index in [0.717, 1.165) is 42.4 Å². The molecule has 4 nitrogen and oxygen atoms in total. The zero-order valence-electron chi connectivity index (χ0n) is 14.0. The van der Waals surface area contributed by atoms with Crippen LogP contribution >= 0.6 is 16.1 Å². The van der Waals surface area contributed by atoms with Crippen molar-refractivity contribution in [2.75, 3.05) is 0 Å². The van der Waals surface area contributed by atoms with Crippen molar-refractivity contribution in [3.8, 4) is 17.2 Å². The van der Waals surface area contributed by atoms with Gasteiger partial charge >= 0.3 is 0 Å². The van der Waals surface area contributed by atoms with E-state index in [1.54, 1.807) is 0 Å². The maximum Gasteiger partial charge on any atom is 0.124 e. The van der Waals surface area contributed by atoms with E-state index < -0.39 is 6.23 Å². The van der Waals surface area contributed by atoms with Crippen LogP contribution in [0.15, 0.2) is 48.5 Å². The lowest BCUT2D eigenvalue weighted by atomic mass is 9.96. The summed E-state index contributed by atoms with van der Waals surface area (Å²) < 4.78 is 3.13. The number of rotatable bonds is 6. The Labute approximate surface area is 157 Å². The van der Waals surface area contributed by atoms with Crippen LogP contribution in [0.25, 0.3) is 11.1 Å². The Balaban J connectivity index is 1.66. The van der Waals surface area contributed by atoms with Crippen LogP contribution in [0.4, 0.5) is 0 Å². The summed E-state index contributed by atoms with van der Waals surface area (Å²) in [6.07, 6.45) is 3.56. The molecule has 1 fully saturated rings. The van der Waals surface area contributed by atoms with Crippen molar-refractivity contribution in [2.24, 2.45) is 0 Å². The molecule has 1 unspecified atom stereocenters. The van der Waals surface area contributed by atoms with Gasteiger partial charge in [-0.25, -0.2) is 4.34 Å². The summed E-state index contributed by atoms with van der Waals surface area (Å²) in [6.45, 7) is 0.595. The number of nitriles is 1. The summed E-state index contributed by atoms with van der Waals surface area (Å²) in [5.74, 6) is 0. The first-order chi connectivity index (χ1) is 12.2. The molecule has 0 aliphatic heterocycles. The first-order valence-corrected chi connectivity index (χ1v) is 9.35. The third-order valence-corrected chi connectivity index (χ3v) is 5.81. The van der Waals surface area contributed by atoms with Crippen LogP contribution in [0, 0.1) is 11.3 Å². The molecule has 0 amide bonds. The van der Waals surface area contributed by atoms with E-state index in [1.807, 2.05) is 48.5 Å². The zero-order chi connectivity index (χ0) is 17.7. The average molecular weight is 400 g/mol. The molecule has 2 aromatic rings. The van der Waals surface area contributed by atoms with Gasteiger partial charge in [0.25, 0.3) is 0 Å². The van der Waals surface area contributed by atoms with Gasteiger partial charge in [-0.05, 0) is 35.6 Å². The van der Waals surface area contributed by atoms with E-state index in [1.165, 1.54) is 0 Å². The van der Waals surface area contributed by atoms with Crippen molar-refractivity contribution in [3.63, 3.8) is 0 Å². The summed E-state index contributed by atoms with van der Waals surface area (Å²) in [6, 6.07) is 17.9. The van der Waals surface area contributed by atoms with Gasteiger partial charge in [-0.3, -0.25) is 5.32 Å². The number of halogens is 1. The highest BCUT2D eigenvalue weighted by Gasteiger charge is 2.39. The predicted octanol–water partition coefficient (Wildman–Crippen LogP) is 3.85. The lowest BCUT2D eigenvalue weighted by molar-refractivity contribution is 0.0480. The van der Waals surface area contributed by atoms with Crippen molar-refractivity contribution in [3.05, 3.63) is 59.7 Å². The molecule has 0 spiro atoms. The molecule has 0 aromatic heterocycles. The van der Waals surface area contributed by atoms with Gasteiger partial charge in [0, 0.05) is 22.7 Å². The minimum atomic E-state index is -0.603. The molecule has 0 saturated heterocycles. The van der Waals surface area contributed by atoms with Gasteiger partial charge in [0.1, 0.15) is 6.23 Å². The standard InChI is InChI=1S/C20H22BrN3O/c21-24-20(11-3-4-12-20)19(25)23-14-15-7-9-16(10-8-15)18-6-2-1-5-17(18)13-22/h1-2,5-10,19,23-25H,3-4,11-12,14H2. The van der Waals surface area contributed by atoms with E-state index >= 15 is 0 Å². The molecule has 0 radical (unpaired) electrons. The molecule has 2 aromatic carbocycles. The second-order valence-corrected chi connectivity index (χ2v) is 6.99. The maximum atomic E-state index is 10.5. The van der Waals surface area contributed by atoms with Crippen LogP contribution in [0.1, 0.15) is 36.8 Å². The van der Waals surface area contributed by atoms with Gasteiger partial charge in [-0.15, -0.1) is 0 Å². The molecule has 1 atom stereocenters. The number of nitrogens with zero attached hydrogens (tertiary/aromatic N) is 1. The largest absolute Gasteiger partial charge is 0.377 e. The van der Waals surface area contributed by atoms with Crippen molar-refractivity contribution in [1.82, 2.24) is 9.66 Å². The topological polar surface area (TPSA) is 68.1 Å². The van der Waals surface area contributed by atoms with Crippen molar-refractivity contribution in [2.45, 2.75) is 44.0 Å². The number of nitrogens with one attached hydrogen (secondary N) is 2. The maximum absolute atomic E-state index is 10.5. The van der Waals surface area contributed by atoms with Crippen molar-refractivity contribution in [1.29, 1.82) is 5.26 Å². The number of benzene rings is 2. The molecule has 0 heterocycles. The van der Waals surface area contributed by atoms with Crippen LogP contribution in [-0.2, 0) is 6.54 Å². The Kier molecular flexibility index (Phi) is 5.87. The fourth-order valence-corrected chi connectivity index (χ4v) is 4.08. The smallest absolute Gasteiger partial charge is 0.124 e. The van der Waals surface area contributed by atoms with Gasteiger partial charge in [-0.2, -0.15) is 5.26 Å². The highest BCUT2D eigenvalue weighted by atomic mass is 79.9. The Hall–Kier alpha value is -1.71. The molecule has 0 bridgehead atoms. The van der Waals surface area contributed by atoms with Gasteiger partial charge in [0.05, 0.1) is 17.2 Å². The Bertz CT molecular complexity index is 748. The monoisotopic (exact) mass is 399 g/mol. The summed E-state index contributed by atoms with van der Waals surface area (Å²) in [7, 11) is 0. The quantitative estimate of drug-likeness (QED) is 0.509. The van der Waals surface area contributed by atoms with Gasteiger partial charge in [-0.1, -0.05) is 55.3 Å². The lowest BCUT2D eigenvalue weighted by Gasteiger charge is -2.33. The number of hydrogen-bond acceptors (Lipinski definition) is 4. The molecule has 25 heavy (non-hydrogen) atoms. The Morgan fingerprint density at radius 1 is 1.12 bits per heavy atom. The number of aliphatic hydroxyl groups is 1. The molecular weight excluding hydrogens is 378 g/mol. The molecule has 1 aliphatic rings. The Morgan fingerprint density at radius 3 is 2.44 bits per heavy atom. The van der Waals surface area contributed by atoms with Gasteiger partial charge in [0.15, 0.2) is 0 Å². The minimum Gasteiger partial charge on any atom is -0.377 e. The fraction of sp³-hybridized carbons (Fsp3) is 0.350. The third-order valence-electron chi connectivity index (χ3n) is 5.02. The fourth-order valence-electron chi connectivity index (χ4n) is 3.47. The zero-order valence-corrected chi connectivity index (χ0v) is 15.6. The summed E-state index contributed by atoms with van der Waals surface area (Å²) in [4.78, 5) is 0. The highest BCUT2D eigenvalue weighted by molar-refractivity contribution is 9.08. The second kappa shape index (κ2) is 8.11. The molecule has 3 N–H and O–H groups in total. The van der Waals surface area contributed by atoms with E-state index in [2.05, 4.69) is 31.9 Å². The van der Waals surface area contributed by atoms with Crippen LogP contribution in [-0.4, -0.2) is 16.9 Å². The highest BCUT2D eigenvalue weighted by Crippen LogP contribution is 2.33. The first kappa shape index (κ1) is 18.1. The lowest BCUT2D eigenvalue weighted by Crippen LogP contribution is -2.55. The predicted molar refractivity (Wildman–Crippen MR) is 103 cm³/mol. The Morgan fingerprint density at radius 2 is 1.80 bits per heavy atom. The average Bonchev–Trinajstić information content (AvgIpc) is 3.17. The molecule has 1 saturated carbocycles.